The van der Waals surface area contributed by atoms with Gasteiger partial charge in [0.25, 0.3) is 0 Å². The van der Waals surface area contributed by atoms with Crippen LogP contribution >= 0.6 is 0 Å². The van der Waals surface area contributed by atoms with Crippen LogP contribution < -0.4 is 9.64 Å². The van der Waals surface area contributed by atoms with E-state index >= 15 is 0 Å². The van der Waals surface area contributed by atoms with Gasteiger partial charge in [-0.2, -0.15) is 0 Å². The molecule has 0 fully saturated rings. The molecule has 0 saturated heterocycles. The Balaban J connectivity index is 1.59. The van der Waals surface area contributed by atoms with Crippen molar-refractivity contribution in [2.24, 2.45) is 0 Å². The van der Waals surface area contributed by atoms with E-state index in [2.05, 4.69) is 66.4 Å². The average molecular weight is 329 g/mol. The lowest BCUT2D eigenvalue weighted by molar-refractivity contribution is 0.414. The van der Waals surface area contributed by atoms with Crippen LogP contribution in [-0.4, -0.2) is 13.7 Å². The van der Waals surface area contributed by atoms with Crippen LogP contribution in [0.4, 0.5) is 5.69 Å². The number of nitrogens with zero attached hydrogens (tertiary/aromatic N) is 1. The molecule has 4 rings (SSSR count). The largest absolute Gasteiger partial charge is 0.497 e. The van der Waals surface area contributed by atoms with Crippen LogP contribution in [0, 0.1) is 6.92 Å². The summed E-state index contributed by atoms with van der Waals surface area (Å²) in [6.45, 7) is 4.15. The molecule has 0 bridgehead atoms. The van der Waals surface area contributed by atoms with Crippen molar-refractivity contribution in [2.45, 2.75) is 19.9 Å². The number of hydrogen-bond donors (Lipinski definition) is 0. The molecule has 0 aliphatic carbocycles. The van der Waals surface area contributed by atoms with Crippen molar-refractivity contribution in [1.82, 2.24) is 0 Å². The molecule has 0 aromatic heterocycles. The standard InChI is InChI=1S/C23H23NO/c1-17-7-10-19-16-24(14-13-18-8-11-20(25-2)12-9-18)23-6-4-3-5-21(23)22(19)15-17/h3-12,15H,13-14,16H2,1-2H3. The van der Waals surface area contributed by atoms with Gasteiger partial charge in [0.05, 0.1) is 7.11 Å². The summed E-state index contributed by atoms with van der Waals surface area (Å²) in [5, 5.41) is 0. The molecule has 2 nitrogen and oxygen atoms in total. The van der Waals surface area contributed by atoms with Gasteiger partial charge in [-0.25, -0.2) is 0 Å². The quantitative estimate of drug-likeness (QED) is 0.649. The summed E-state index contributed by atoms with van der Waals surface area (Å²) in [7, 11) is 1.71. The van der Waals surface area contributed by atoms with Crippen molar-refractivity contribution in [3.63, 3.8) is 0 Å². The minimum absolute atomic E-state index is 0.913. The van der Waals surface area contributed by atoms with Gasteiger partial charge in [-0.15, -0.1) is 0 Å². The molecule has 0 saturated carbocycles. The molecule has 126 valence electrons. The van der Waals surface area contributed by atoms with Crippen LogP contribution in [0.1, 0.15) is 16.7 Å². The first-order valence-electron chi connectivity index (χ1n) is 8.81. The molecule has 0 radical (unpaired) electrons. The second-order valence-corrected chi connectivity index (χ2v) is 6.70. The Morgan fingerprint density at radius 1 is 0.920 bits per heavy atom. The Hall–Kier alpha value is -2.74. The van der Waals surface area contributed by atoms with Crippen LogP contribution in [0.2, 0.25) is 0 Å². The first kappa shape index (κ1) is 15.8. The van der Waals surface area contributed by atoms with Crippen LogP contribution in [0.5, 0.6) is 5.75 Å². The highest BCUT2D eigenvalue weighted by Crippen LogP contribution is 2.39. The van der Waals surface area contributed by atoms with E-state index in [1.807, 2.05) is 12.1 Å². The van der Waals surface area contributed by atoms with E-state index in [1.165, 1.54) is 33.5 Å². The van der Waals surface area contributed by atoms with Gasteiger partial charge in [-0.1, -0.05) is 54.1 Å². The highest BCUT2D eigenvalue weighted by Gasteiger charge is 2.21. The maximum absolute atomic E-state index is 5.25. The van der Waals surface area contributed by atoms with Crippen molar-refractivity contribution >= 4 is 5.69 Å². The molecule has 0 unspecified atom stereocenters. The van der Waals surface area contributed by atoms with E-state index in [0.29, 0.717) is 0 Å². The Morgan fingerprint density at radius 3 is 2.52 bits per heavy atom. The van der Waals surface area contributed by atoms with Gasteiger partial charge >= 0.3 is 0 Å². The fourth-order valence-corrected chi connectivity index (χ4v) is 3.60. The van der Waals surface area contributed by atoms with Gasteiger partial charge in [0.15, 0.2) is 0 Å². The van der Waals surface area contributed by atoms with Crippen LogP contribution in [-0.2, 0) is 13.0 Å². The summed E-state index contributed by atoms with van der Waals surface area (Å²) in [6, 6.07) is 24.0. The van der Waals surface area contributed by atoms with E-state index in [1.54, 1.807) is 7.11 Å². The number of anilines is 1. The van der Waals surface area contributed by atoms with Crippen LogP contribution in [0.3, 0.4) is 0 Å². The molecule has 0 amide bonds. The zero-order valence-corrected chi connectivity index (χ0v) is 14.8. The second kappa shape index (κ2) is 6.64. The summed E-state index contributed by atoms with van der Waals surface area (Å²) in [6.07, 6.45) is 1.03. The molecule has 3 aromatic carbocycles. The van der Waals surface area contributed by atoms with Crippen molar-refractivity contribution in [3.8, 4) is 16.9 Å². The predicted molar refractivity (Wildman–Crippen MR) is 104 cm³/mol. The molecular formula is C23H23NO. The van der Waals surface area contributed by atoms with Gasteiger partial charge in [0, 0.05) is 24.3 Å². The number of ether oxygens (including phenoxy) is 1. The molecule has 3 aromatic rings. The third kappa shape index (κ3) is 3.12. The average Bonchev–Trinajstić information content (AvgIpc) is 2.67. The Kier molecular flexibility index (Phi) is 4.19. The summed E-state index contributed by atoms with van der Waals surface area (Å²) >= 11 is 0. The number of para-hydroxylation sites is 1. The van der Waals surface area contributed by atoms with Gasteiger partial charge in [0.2, 0.25) is 0 Å². The highest BCUT2D eigenvalue weighted by atomic mass is 16.5. The number of hydrogen-bond acceptors (Lipinski definition) is 2. The van der Waals surface area contributed by atoms with Gasteiger partial charge in [0.1, 0.15) is 5.75 Å². The zero-order chi connectivity index (χ0) is 17.2. The molecule has 1 aliphatic rings. The molecular weight excluding hydrogens is 306 g/mol. The lowest BCUT2D eigenvalue weighted by Gasteiger charge is -2.33. The Labute approximate surface area is 149 Å². The maximum Gasteiger partial charge on any atom is 0.118 e. The highest BCUT2D eigenvalue weighted by molar-refractivity contribution is 5.83. The van der Waals surface area contributed by atoms with Crippen molar-refractivity contribution < 1.29 is 4.74 Å². The third-order valence-electron chi connectivity index (χ3n) is 4.99. The number of aryl methyl sites for hydroxylation is 1. The predicted octanol–water partition coefficient (Wildman–Crippen LogP) is 5.23. The fourth-order valence-electron chi connectivity index (χ4n) is 3.60. The normalized spacial score (nSPS) is 12.5. The Morgan fingerprint density at radius 2 is 1.72 bits per heavy atom. The third-order valence-corrected chi connectivity index (χ3v) is 4.99. The summed E-state index contributed by atoms with van der Waals surface area (Å²) in [4.78, 5) is 2.50. The van der Waals surface area contributed by atoms with Crippen LogP contribution in [0.15, 0.2) is 66.7 Å². The van der Waals surface area contributed by atoms with E-state index in [-0.39, 0.29) is 0 Å². The molecule has 25 heavy (non-hydrogen) atoms. The van der Waals surface area contributed by atoms with Gasteiger partial charge in [-0.3, -0.25) is 0 Å². The van der Waals surface area contributed by atoms with Gasteiger partial charge < -0.3 is 9.64 Å². The van der Waals surface area contributed by atoms with Crippen molar-refractivity contribution in [2.75, 3.05) is 18.6 Å². The summed E-state index contributed by atoms with van der Waals surface area (Å²) < 4.78 is 5.25. The van der Waals surface area contributed by atoms with E-state index in [0.717, 1.165) is 25.3 Å². The molecule has 0 N–H and O–H groups in total. The number of benzene rings is 3. The molecule has 1 aliphatic heterocycles. The zero-order valence-electron chi connectivity index (χ0n) is 14.8. The monoisotopic (exact) mass is 329 g/mol. The van der Waals surface area contributed by atoms with E-state index in [9.17, 15) is 0 Å². The minimum atomic E-state index is 0.913. The van der Waals surface area contributed by atoms with Crippen molar-refractivity contribution in [3.05, 3.63) is 83.4 Å². The number of rotatable bonds is 4. The lowest BCUT2D eigenvalue weighted by Crippen LogP contribution is -2.28. The van der Waals surface area contributed by atoms with Crippen LogP contribution in [0.25, 0.3) is 11.1 Å². The summed E-state index contributed by atoms with van der Waals surface area (Å²) in [5.74, 6) is 0.913. The molecule has 0 spiro atoms. The Bertz CT molecular complexity index is 883. The smallest absolute Gasteiger partial charge is 0.118 e. The molecule has 2 heteroatoms. The SMILES string of the molecule is COc1ccc(CCN2Cc3ccc(C)cc3-c3ccccc32)cc1. The second-order valence-electron chi connectivity index (χ2n) is 6.70. The maximum atomic E-state index is 5.25. The first-order chi connectivity index (χ1) is 12.2. The molecule has 1 heterocycles. The molecule has 0 atom stereocenters. The van der Waals surface area contributed by atoms with E-state index < -0.39 is 0 Å². The van der Waals surface area contributed by atoms with E-state index in [4.69, 9.17) is 4.74 Å². The van der Waals surface area contributed by atoms with Gasteiger partial charge in [-0.05, 0) is 48.2 Å². The number of methoxy groups -OCH3 is 1. The van der Waals surface area contributed by atoms with Crippen molar-refractivity contribution in [1.29, 1.82) is 0 Å². The first-order valence-corrected chi connectivity index (χ1v) is 8.81. The summed E-state index contributed by atoms with van der Waals surface area (Å²) in [5.41, 5.74) is 8.15. The fraction of sp³-hybridized carbons (Fsp3) is 0.217. The topological polar surface area (TPSA) is 12.5 Å². The number of fused-ring (bicyclic) bond motifs is 3. The minimum Gasteiger partial charge on any atom is -0.497 e. The lowest BCUT2D eigenvalue weighted by atomic mass is 9.92.